The Morgan fingerprint density at radius 2 is 2.06 bits per heavy atom. The molecule has 0 spiro atoms. The summed E-state index contributed by atoms with van der Waals surface area (Å²) in [5, 5.41) is 0.690. The van der Waals surface area contributed by atoms with E-state index in [-0.39, 0.29) is 0 Å². The van der Waals surface area contributed by atoms with Gasteiger partial charge in [0, 0.05) is 10.0 Å². The molecule has 0 unspecified atom stereocenters. The maximum atomic E-state index is 6.22. The molecular formula is C14H10BrClN2. The van der Waals surface area contributed by atoms with E-state index in [0.717, 1.165) is 32.5 Å². The van der Waals surface area contributed by atoms with Crippen molar-refractivity contribution in [2.24, 2.45) is 0 Å². The van der Waals surface area contributed by atoms with Crippen LogP contribution in [0.1, 0.15) is 5.56 Å². The van der Waals surface area contributed by atoms with Crippen molar-refractivity contribution in [2.45, 2.75) is 6.92 Å². The second kappa shape index (κ2) is 4.41. The number of hydrogen-bond acceptors (Lipinski definition) is 1. The highest BCUT2D eigenvalue weighted by atomic mass is 79.9. The average Bonchev–Trinajstić information content (AvgIpc) is 2.77. The first-order valence-electron chi connectivity index (χ1n) is 5.56. The summed E-state index contributed by atoms with van der Waals surface area (Å²) in [5.41, 5.74) is 4.08. The van der Waals surface area contributed by atoms with Gasteiger partial charge in [-0.25, -0.2) is 4.98 Å². The summed E-state index contributed by atoms with van der Waals surface area (Å²) in [4.78, 5) is 7.93. The lowest BCUT2D eigenvalue weighted by atomic mass is 10.2. The number of H-pyrrole nitrogens is 1. The van der Waals surface area contributed by atoms with Gasteiger partial charge in [-0.15, -0.1) is 0 Å². The summed E-state index contributed by atoms with van der Waals surface area (Å²) in [5.74, 6) is 0.797. The molecule has 2 aromatic carbocycles. The predicted molar refractivity (Wildman–Crippen MR) is 79.0 cm³/mol. The van der Waals surface area contributed by atoms with Crippen molar-refractivity contribution in [1.82, 2.24) is 9.97 Å². The van der Waals surface area contributed by atoms with Gasteiger partial charge in [0.1, 0.15) is 5.82 Å². The van der Waals surface area contributed by atoms with Crippen molar-refractivity contribution in [2.75, 3.05) is 0 Å². The van der Waals surface area contributed by atoms with Gasteiger partial charge >= 0.3 is 0 Å². The predicted octanol–water partition coefficient (Wildman–Crippen LogP) is 4.95. The molecule has 0 aliphatic carbocycles. The van der Waals surface area contributed by atoms with Crippen LogP contribution in [0.2, 0.25) is 5.02 Å². The van der Waals surface area contributed by atoms with Crippen LogP contribution in [0.3, 0.4) is 0 Å². The molecule has 0 saturated heterocycles. The van der Waals surface area contributed by atoms with Crippen LogP contribution < -0.4 is 0 Å². The molecule has 1 heterocycles. The molecule has 0 aliphatic rings. The number of halogens is 2. The van der Waals surface area contributed by atoms with Gasteiger partial charge in [-0.1, -0.05) is 39.7 Å². The Morgan fingerprint density at radius 1 is 1.22 bits per heavy atom. The zero-order valence-electron chi connectivity index (χ0n) is 9.67. The Hall–Kier alpha value is -1.32. The molecule has 0 fully saturated rings. The molecule has 1 aromatic heterocycles. The summed E-state index contributed by atoms with van der Waals surface area (Å²) in [6.45, 7) is 2.05. The van der Waals surface area contributed by atoms with Crippen molar-refractivity contribution in [3.63, 3.8) is 0 Å². The maximum Gasteiger partial charge on any atom is 0.140 e. The summed E-state index contributed by atoms with van der Waals surface area (Å²) in [6.07, 6.45) is 0. The van der Waals surface area contributed by atoms with E-state index in [9.17, 15) is 0 Å². The molecule has 0 atom stereocenters. The monoisotopic (exact) mass is 320 g/mol. The fraction of sp³-hybridized carbons (Fsp3) is 0.0714. The largest absolute Gasteiger partial charge is 0.338 e. The van der Waals surface area contributed by atoms with Gasteiger partial charge in [-0.2, -0.15) is 0 Å². The number of imidazole rings is 1. The molecule has 0 bridgehead atoms. The number of fused-ring (bicyclic) bond motifs is 1. The average molecular weight is 322 g/mol. The van der Waals surface area contributed by atoms with Crippen LogP contribution in [-0.4, -0.2) is 9.97 Å². The Bertz CT molecular complexity index is 734. The second-order valence-corrected chi connectivity index (χ2v) is 5.50. The maximum absolute atomic E-state index is 6.22. The van der Waals surface area contributed by atoms with Gasteiger partial charge in [-0.3, -0.25) is 0 Å². The molecule has 2 nitrogen and oxygen atoms in total. The Kier molecular flexibility index (Phi) is 2.88. The van der Waals surface area contributed by atoms with Crippen molar-refractivity contribution in [3.8, 4) is 11.4 Å². The zero-order valence-corrected chi connectivity index (χ0v) is 12.0. The Balaban J connectivity index is 2.26. The zero-order chi connectivity index (χ0) is 12.7. The molecule has 3 rings (SSSR count). The lowest BCUT2D eigenvalue weighted by molar-refractivity contribution is 1.33. The van der Waals surface area contributed by atoms with Gasteiger partial charge in [0.25, 0.3) is 0 Å². The molecule has 90 valence electrons. The smallest absolute Gasteiger partial charge is 0.140 e. The molecule has 0 radical (unpaired) electrons. The van der Waals surface area contributed by atoms with E-state index < -0.39 is 0 Å². The molecule has 1 N–H and O–H groups in total. The Morgan fingerprint density at radius 3 is 2.83 bits per heavy atom. The van der Waals surface area contributed by atoms with E-state index in [1.807, 2.05) is 30.3 Å². The normalized spacial score (nSPS) is 11.1. The van der Waals surface area contributed by atoms with Gasteiger partial charge in [0.15, 0.2) is 0 Å². The van der Waals surface area contributed by atoms with Crippen LogP contribution in [0, 0.1) is 6.92 Å². The molecule has 0 amide bonds. The number of benzene rings is 2. The summed E-state index contributed by atoms with van der Waals surface area (Å²) in [7, 11) is 0. The number of nitrogens with one attached hydrogen (secondary N) is 1. The lowest BCUT2D eigenvalue weighted by Crippen LogP contribution is -1.82. The number of aromatic nitrogens is 2. The highest BCUT2D eigenvalue weighted by molar-refractivity contribution is 9.10. The molecule has 18 heavy (non-hydrogen) atoms. The van der Waals surface area contributed by atoms with Gasteiger partial charge in [-0.05, 0) is 36.8 Å². The van der Waals surface area contributed by atoms with E-state index >= 15 is 0 Å². The molecule has 4 heteroatoms. The third-order valence-electron chi connectivity index (χ3n) is 2.90. The minimum absolute atomic E-state index is 0.690. The van der Waals surface area contributed by atoms with Gasteiger partial charge in [0.05, 0.1) is 16.1 Å². The number of nitrogens with zero attached hydrogens (tertiary/aromatic N) is 1. The van der Waals surface area contributed by atoms with Crippen molar-refractivity contribution in [3.05, 3.63) is 51.5 Å². The van der Waals surface area contributed by atoms with Crippen molar-refractivity contribution in [1.29, 1.82) is 0 Å². The highest BCUT2D eigenvalue weighted by Crippen LogP contribution is 2.30. The van der Waals surface area contributed by atoms with Crippen molar-refractivity contribution >= 4 is 38.6 Å². The number of aryl methyl sites for hydroxylation is 1. The highest BCUT2D eigenvalue weighted by Gasteiger charge is 2.10. The fourth-order valence-corrected chi connectivity index (χ4v) is 2.55. The van der Waals surface area contributed by atoms with E-state index in [4.69, 9.17) is 11.6 Å². The topological polar surface area (TPSA) is 28.7 Å². The van der Waals surface area contributed by atoms with Crippen LogP contribution in [-0.2, 0) is 0 Å². The Labute approximate surface area is 118 Å². The van der Waals surface area contributed by atoms with Gasteiger partial charge in [0.2, 0.25) is 0 Å². The van der Waals surface area contributed by atoms with E-state index in [1.54, 1.807) is 0 Å². The summed E-state index contributed by atoms with van der Waals surface area (Å²) < 4.78 is 0.985. The summed E-state index contributed by atoms with van der Waals surface area (Å²) >= 11 is 9.67. The molecule has 0 aliphatic heterocycles. The number of rotatable bonds is 1. The third-order valence-corrected chi connectivity index (χ3v) is 3.72. The fourth-order valence-electron chi connectivity index (χ4n) is 1.98. The van der Waals surface area contributed by atoms with Crippen LogP contribution >= 0.6 is 27.5 Å². The van der Waals surface area contributed by atoms with E-state index in [1.165, 1.54) is 0 Å². The third kappa shape index (κ3) is 1.93. The minimum atomic E-state index is 0.690. The van der Waals surface area contributed by atoms with E-state index in [2.05, 4.69) is 38.9 Å². The lowest BCUT2D eigenvalue weighted by Gasteiger charge is -2.00. The molecule has 3 aromatic rings. The van der Waals surface area contributed by atoms with Crippen molar-refractivity contribution < 1.29 is 0 Å². The van der Waals surface area contributed by atoms with Crippen LogP contribution in [0.5, 0.6) is 0 Å². The SMILES string of the molecule is Cc1cccc2[nH]c(-c3cc(Br)ccc3Cl)nc12. The number of hydrogen-bond donors (Lipinski definition) is 1. The standard InChI is InChI=1S/C14H10BrClN2/c1-8-3-2-4-12-13(8)18-14(17-12)10-7-9(15)5-6-11(10)16/h2-7H,1H3,(H,17,18). The summed E-state index contributed by atoms with van der Waals surface area (Å²) in [6, 6.07) is 11.8. The first-order valence-corrected chi connectivity index (χ1v) is 6.73. The number of para-hydroxylation sites is 1. The van der Waals surface area contributed by atoms with Crippen LogP contribution in [0.4, 0.5) is 0 Å². The minimum Gasteiger partial charge on any atom is -0.338 e. The molecule has 0 saturated carbocycles. The van der Waals surface area contributed by atoms with Crippen LogP contribution in [0.25, 0.3) is 22.4 Å². The van der Waals surface area contributed by atoms with E-state index in [0.29, 0.717) is 5.02 Å². The second-order valence-electron chi connectivity index (χ2n) is 4.18. The first kappa shape index (κ1) is 11.8. The molecular weight excluding hydrogens is 312 g/mol. The van der Waals surface area contributed by atoms with Gasteiger partial charge < -0.3 is 4.98 Å². The first-order chi connectivity index (χ1) is 8.65. The van der Waals surface area contributed by atoms with Crippen LogP contribution in [0.15, 0.2) is 40.9 Å². The quantitative estimate of drug-likeness (QED) is 0.674. The number of aromatic amines is 1.